The zero-order chi connectivity index (χ0) is 10.5. The van der Waals surface area contributed by atoms with Crippen molar-refractivity contribution in [1.82, 2.24) is 10.3 Å². The monoisotopic (exact) mass is 206 g/mol. The van der Waals surface area contributed by atoms with Crippen molar-refractivity contribution in [2.45, 2.75) is 32.2 Å². The van der Waals surface area contributed by atoms with E-state index in [4.69, 9.17) is 4.74 Å². The first-order valence-electron chi connectivity index (χ1n) is 5.73. The maximum absolute atomic E-state index is 5.54. The van der Waals surface area contributed by atoms with Gasteiger partial charge in [0.1, 0.15) is 0 Å². The first-order chi connectivity index (χ1) is 7.42. The molecule has 15 heavy (non-hydrogen) atoms. The van der Waals surface area contributed by atoms with E-state index in [1.54, 1.807) is 6.20 Å². The van der Waals surface area contributed by atoms with E-state index in [2.05, 4.69) is 16.4 Å². The number of rotatable bonds is 3. The predicted octanol–water partition coefficient (Wildman–Crippen LogP) is 2.29. The van der Waals surface area contributed by atoms with Crippen LogP contribution in [0.15, 0.2) is 18.3 Å². The molecule has 3 nitrogen and oxygen atoms in total. The highest BCUT2D eigenvalue weighted by Crippen LogP contribution is 2.28. The Morgan fingerprint density at radius 3 is 3.20 bits per heavy atom. The SMILES string of the molecule is CCOc1ncccc1[C@@H]1CCCCN1. The van der Waals surface area contributed by atoms with Gasteiger partial charge in [-0.15, -0.1) is 0 Å². The molecule has 0 aliphatic carbocycles. The molecule has 3 heteroatoms. The van der Waals surface area contributed by atoms with E-state index in [9.17, 15) is 0 Å². The second-order valence-electron chi connectivity index (χ2n) is 3.83. The summed E-state index contributed by atoms with van der Waals surface area (Å²) in [5.41, 5.74) is 1.21. The van der Waals surface area contributed by atoms with Gasteiger partial charge in [0.2, 0.25) is 5.88 Å². The normalized spacial score (nSPS) is 21.3. The van der Waals surface area contributed by atoms with Crippen molar-refractivity contribution in [2.24, 2.45) is 0 Å². The van der Waals surface area contributed by atoms with E-state index in [0.29, 0.717) is 12.6 Å². The standard InChI is InChI=1S/C12H18N2O/c1-2-15-12-10(6-5-9-14-12)11-7-3-4-8-13-11/h5-6,9,11,13H,2-4,7-8H2,1H3/t11-/m0/s1. The number of aromatic nitrogens is 1. The van der Waals surface area contributed by atoms with Gasteiger partial charge in [-0.05, 0) is 32.4 Å². The number of hydrogen-bond donors (Lipinski definition) is 1. The molecule has 1 saturated heterocycles. The molecule has 82 valence electrons. The summed E-state index contributed by atoms with van der Waals surface area (Å²) in [6, 6.07) is 4.52. The molecular weight excluding hydrogens is 188 g/mol. The topological polar surface area (TPSA) is 34.1 Å². The molecule has 0 unspecified atom stereocenters. The molecule has 0 amide bonds. The molecule has 0 radical (unpaired) electrons. The Morgan fingerprint density at radius 1 is 1.53 bits per heavy atom. The first-order valence-corrected chi connectivity index (χ1v) is 5.73. The molecule has 0 saturated carbocycles. The summed E-state index contributed by atoms with van der Waals surface area (Å²) in [4.78, 5) is 4.28. The first kappa shape index (κ1) is 10.4. The number of hydrogen-bond acceptors (Lipinski definition) is 3. The molecule has 0 bridgehead atoms. The highest BCUT2D eigenvalue weighted by molar-refractivity contribution is 5.29. The minimum Gasteiger partial charge on any atom is -0.478 e. The minimum atomic E-state index is 0.425. The second-order valence-corrected chi connectivity index (χ2v) is 3.83. The van der Waals surface area contributed by atoms with Crippen LogP contribution in [-0.2, 0) is 0 Å². The number of nitrogens with one attached hydrogen (secondary N) is 1. The third kappa shape index (κ3) is 2.48. The van der Waals surface area contributed by atoms with Crippen molar-refractivity contribution < 1.29 is 4.74 Å². The van der Waals surface area contributed by atoms with Crippen LogP contribution in [-0.4, -0.2) is 18.1 Å². The van der Waals surface area contributed by atoms with Crippen molar-refractivity contribution in [3.8, 4) is 5.88 Å². The van der Waals surface area contributed by atoms with Gasteiger partial charge in [0.05, 0.1) is 6.61 Å². The fourth-order valence-electron chi connectivity index (χ4n) is 2.04. The summed E-state index contributed by atoms with van der Waals surface area (Å²) in [6.07, 6.45) is 5.54. The van der Waals surface area contributed by atoms with Crippen LogP contribution in [0.1, 0.15) is 37.8 Å². The van der Waals surface area contributed by atoms with Crippen LogP contribution < -0.4 is 10.1 Å². The molecule has 1 aliphatic rings. The van der Waals surface area contributed by atoms with Crippen LogP contribution in [0.5, 0.6) is 5.88 Å². The molecule has 1 aromatic heterocycles. The van der Waals surface area contributed by atoms with Gasteiger partial charge in [-0.1, -0.05) is 12.5 Å². The zero-order valence-corrected chi connectivity index (χ0v) is 9.20. The van der Waals surface area contributed by atoms with E-state index in [1.165, 1.54) is 24.8 Å². The van der Waals surface area contributed by atoms with Gasteiger partial charge in [-0.2, -0.15) is 0 Å². The average Bonchev–Trinajstić information content (AvgIpc) is 2.31. The van der Waals surface area contributed by atoms with Gasteiger partial charge in [0.15, 0.2) is 0 Å². The van der Waals surface area contributed by atoms with Crippen molar-refractivity contribution >= 4 is 0 Å². The van der Waals surface area contributed by atoms with Gasteiger partial charge >= 0.3 is 0 Å². The number of piperidine rings is 1. The largest absolute Gasteiger partial charge is 0.478 e. The average molecular weight is 206 g/mol. The molecule has 0 spiro atoms. The Labute approximate surface area is 90.9 Å². The predicted molar refractivity (Wildman–Crippen MR) is 60.0 cm³/mol. The lowest BCUT2D eigenvalue weighted by molar-refractivity contribution is 0.311. The van der Waals surface area contributed by atoms with Crippen LogP contribution in [0, 0.1) is 0 Å². The van der Waals surface area contributed by atoms with E-state index >= 15 is 0 Å². The number of ether oxygens (including phenoxy) is 1. The molecule has 1 N–H and O–H groups in total. The molecule has 2 heterocycles. The number of pyridine rings is 1. The van der Waals surface area contributed by atoms with Crippen LogP contribution >= 0.6 is 0 Å². The fourth-order valence-corrected chi connectivity index (χ4v) is 2.04. The maximum Gasteiger partial charge on any atom is 0.218 e. The summed E-state index contributed by atoms with van der Waals surface area (Å²) in [5.74, 6) is 0.791. The third-order valence-corrected chi connectivity index (χ3v) is 2.77. The van der Waals surface area contributed by atoms with Gasteiger partial charge in [0, 0.05) is 17.8 Å². The summed E-state index contributed by atoms with van der Waals surface area (Å²) in [6.45, 7) is 3.77. The highest BCUT2D eigenvalue weighted by atomic mass is 16.5. The minimum absolute atomic E-state index is 0.425. The lowest BCUT2D eigenvalue weighted by atomic mass is 9.98. The summed E-state index contributed by atoms with van der Waals surface area (Å²) in [7, 11) is 0. The fraction of sp³-hybridized carbons (Fsp3) is 0.583. The Hall–Kier alpha value is -1.09. The summed E-state index contributed by atoms with van der Waals surface area (Å²) < 4.78 is 5.54. The molecule has 1 aliphatic heterocycles. The molecule has 0 aromatic carbocycles. The van der Waals surface area contributed by atoms with Gasteiger partial charge < -0.3 is 10.1 Å². The lowest BCUT2D eigenvalue weighted by Crippen LogP contribution is -2.27. The molecule has 1 atom stereocenters. The molecule has 1 aromatic rings. The van der Waals surface area contributed by atoms with E-state index < -0.39 is 0 Å². The number of nitrogens with zero attached hydrogens (tertiary/aromatic N) is 1. The van der Waals surface area contributed by atoms with Gasteiger partial charge in [0.25, 0.3) is 0 Å². The highest BCUT2D eigenvalue weighted by Gasteiger charge is 2.18. The van der Waals surface area contributed by atoms with Crippen LogP contribution in [0.25, 0.3) is 0 Å². The molecule has 1 fully saturated rings. The Kier molecular flexibility index (Phi) is 3.56. The van der Waals surface area contributed by atoms with Crippen LogP contribution in [0.4, 0.5) is 0 Å². The summed E-state index contributed by atoms with van der Waals surface area (Å²) in [5, 5.41) is 3.51. The second kappa shape index (κ2) is 5.12. The van der Waals surface area contributed by atoms with Crippen molar-refractivity contribution in [3.05, 3.63) is 23.9 Å². The zero-order valence-electron chi connectivity index (χ0n) is 9.20. The van der Waals surface area contributed by atoms with Crippen molar-refractivity contribution in [1.29, 1.82) is 0 Å². The Bertz CT molecular complexity index is 308. The quantitative estimate of drug-likeness (QED) is 0.824. The van der Waals surface area contributed by atoms with Crippen LogP contribution in [0.3, 0.4) is 0 Å². The molecular formula is C12H18N2O. The summed E-state index contributed by atoms with van der Waals surface area (Å²) >= 11 is 0. The third-order valence-electron chi connectivity index (χ3n) is 2.77. The smallest absolute Gasteiger partial charge is 0.218 e. The van der Waals surface area contributed by atoms with Gasteiger partial charge in [-0.3, -0.25) is 0 Å². The maximum atomic E-state index is 5.54. The van der Waals surface area contributed by atoms with E-state index in [1.807, 2.05) is 13.0 Å². The Morgan fingerprint density at radius 2 is 2.47 bits per heavy atom. The van der Waals surface area contributed by atoms with Crippen molar-refractivity contribution in [3.63, 3.8) is 0 Å². The molecule has 2 rings (SSSR count). The van der Waals surface area contributed by atoms with E-state index in [0.717, 1.165) is 12.4 Å². The van der Waals surface area contributed by atoms with Crippen LogP contribution in [0.2, 0.25) is 0 Å². The Balaban J connectivity index is 2.17. The van der Waals surface area contributed by atoms with E-state index in [-0.39, 0.29) is 0 Å². The lowest BCUT2D eigenvalue weighted by Gasteiger charge is -2.24. The van der Waals surface area contributed by atoms with Crippen molar-refractivity contribution in [2.75, 3.05) is 13.2 Å². The van der Waals surface area contributed by atoms with Gasteiger partial charge in [-0.25, -0.2) is 4.98 Å².